The van der Waals surface area contributed by atoms with E-state index in [1.807, 2.05) is 6.92 Å². The number of nitrogens with one attached hydrogen (secondary N) is 1. The molecule has 0 radical (unpaired) electrons. The number of primary amides is 1. The maximum Gasteiger partial charge on any atom is 0.238 e. The van der Waals surface area contributed by atoms with Crippen LogP contribution in [0.25, 0.3) is 0 Å². The molecule has 3 N–H and O–H groups in total. The molecule has 1 rings (SSSR count). The van der Waals surface area contributed by atoms with Gasteiger partial charge in [-0.1, -0.05) is 6.92 Å². The third kappa shape index (κ3) is 4.55. The Labute approximate surface area is 110 Å². The summed E-state index contributed by atoms with van der Waals surface area (Å²) in [5.41, 5.74) is 4.90. The van der Waals surface area contributed by atoms with E-state index in [4.69, 9.17) is 10.5 Å². The minimum absolute atomic E-state index is 0.279. The summed E-state index contributed by atoms with van der Waals surface area (Å²) in [4.78, 5) is 14.0. The van der Waals surface area contributed by atoms with Gasteiger partial charge in [-0.3, -0.25) is 9.69 Å². The molecule has 0 spiro atoms. The van der Waals surface area contributed by atoms with E-state index in [0.717, 1.165) is 19.5 Å². The molecule has 0 bridgehead atoms. The standard InChI is InChI=1S/C13H27N3O2/c1-4-7-15-13(2,12(14)17)10-16(8-9-18-3)11-5-6-11/h11,15H,4-10H2,1-3H3,(H2,14,17). The fraction of sp³-hybridized carbons (Fsp3) is 0.923. The van der Waals surface area contributed by atoms with E-state index in [1.54, 1.807) is 7.11 Å². The highest BCUT2D eigenvalue weighted by molar-refractivity contribution is 5.84. The molecule has 0 aliphatic heterocycles. The van der Waals surface area contributed by atoms with Crippen LogP contribution in [0, 0.1) is 0 Å². The fourth-order valence-electron chi connectivity index (χ4n) is 2.07. The molecule has 106 valence electrons. The molecule has 1 fully saturated rings. The number of rotatable bonds is 10. The summed E-state index contributed by atoms with van der Waals surface area (Å²) in [5, 5.41) is 3.28. The zero-order chi connectivity index (χ0) is 13.6. The minimum Gasteiger partial charge on any atom is -0.383 e. The van der Waals surface area contributed by atoms with Crippen molar-refractivity contribution >= 4 is 5.91 Å². The first-order valence-corrected chi connectivity index (χ1v) is 6.81. The van der Waals surface area contributed by atoms with Gasteiger partial charge in [0.15, 0.2) is 0 Å². The first-order chi connectivity index (χ1) is 8.53. The van der Waals surface area contributed by atoms with Gasteiger partial charge in [0.2, 0.25) is 5.91 Å². The average Bonchev–Trinajstić information content (AvgIpc) is 3.15. The number of methoxy groups -OCH3 is 1. The fourth-order valence-corrected chi connectivity index (χ4v) is 2.07. The predicted molar refractivity (Wildman–Crippen MR) is 72.4 cm³/mol. The smallest absolute Gasteiger partial charge is 0.238 e. The van der Waals surface area contributed by atoms with E-state index in [-0.39, 0.29) is 5.91 Å². The number of nitrogens with two attached hydrogens (primary N) is 1. The molecule has 5 heteroatoms. The van der Waals surface area contributed by atoms with Crippen molar-refractivity contribution in [2.24, 2.45) is 5.73 Å². The third-order valence-electron chi connectivity index (χ3n) is 3.47. The van der Waals surface area contributed by atoms with Gasteiger partial charge in [-0.25, -0.2) is 0 Å². The van der Waals surface area contributed by atoms with Crippen LogP contribution in [0.5, 0.6) is 0 Å². The van der Waals surface area contributed by atoms with Gasteiger partial charge >= 0.3 is 0 Å². The zero-order valence-corrected chi connectivity index (χ0v) is 11.9. The zero-order valence-electron chi connectivity index (χ0n) is 11.9. The topological polar surface area (TPSA) is 67.6 Å². The largest absolute Gasteiger partial charge is 0.383 e. The quantitative estimate of drug-likeness (QED) is 0.592. The Morgan fingerprint density at radius 3 is 2.67 bits per heavy atom. The van der Waals surface area contributed by atoms with Gasteiger partial charge in [-0.2, -0.15) is 0 Å². The lowest BCUT2D eigenvalue weighted by molar-refractivity contribution is -0.124. The molecule has 0 heterocycles. The lowest BCUT2D eigenvalue weighted by Gasteiger charge is -2.34. The number of ether oxygens (including phenoxy) is 1. The predicted octanol–water partition coefficient (Wildman–Crippen LogP) is 0.341. The normalized spacial score (nSPS) is 18.9. The van der Waals surface area contributed by atoms with Crippen molar-refractivity contribution in [3.8, 4) is 0 Å². The van der Waals surface area contributed by atoms with Gasteiger partial charge in [-0.15, -0.1) is 0 Å². The molecule has 0 aromatic heterocycles. The highest BCUT2D eigenvalue weighted by atomic mass is 16.5. The summed E-state index contributed by atoms with van der Waals surface area (Å²) in [6.07, 6.45) is 3.42. The molecule has 0 saturated heterocycles. The van der Waals surface area contributed by atoms with Crippen LogP contribution in [-0.2, 0) is 9.53 Å². The molecular weight excluding hydrogens is 230 g/mol. The summed E-state index contributed by atoms with van der Waals surface area (Å²) >= 11 is 0. The number of nitrogens with zero attached hydrogens (tertiary/aromatic N) is 1. The maximum atomic E-state index is 11.7. The summed E-state index contributed by atoms with van der Waals surface area (Å²) in [6.45, 7) is 7.00. The van der Waals surface area contributed by atoms with Crippen LogP contribution in [0.1, 0.15) is 33.1 Å². The molecule has 1 aliphatic rings. The van der Waals surface area contributed by atoms with Crippen LogP contribution in [0.15, 0.2) is 0 Å². The third-order valence-corrected chi connectivity index (χ3v) is 3.47. The summed E-state index contributed by atoms with van der Waals surface area (Å²) in [5.74, 6) is -0.279. The SMILES string of the molecule is CCCNC(C)(CN(CCOC)C1CC1)C(N)=O. The van der Waals surface area contributed by atoms with Crippen molar-refractivity contribution in [3.05, 3.63) is 0 Å². The monoisotopic (exact) mass is 257 g/mol. The van der Waals surface area contributed by atoms with Crippen LogP contribution >= 0.6 is 0 Å². The summed E-state index contributed by atoms with van der Waals surface area (Å²) < 4.78 is 5.13. The van der Waals surface area contributed by atoms with Gasteiger partial charge < -0.3 is 15.8 Å². The van der Waals surface area contributed by atoms with Gasteiger partial charge in [0.25, 0.3) is 0 Å². The highest BCUT2D eigenvalue weighted by Gasteiger charge is 2.37. The molecular formula is C13H27N3O2. The van der Waals surface area contributed by atoms with E-state index >= 15 is 0 Å². The maximum absolute atomic E-state index is 11.7. The molecule has 1 amide bonds. The Hall–Kier alpha value is -0.650. The van der Waals surface area contributed by atoms with Gasteiger partial charge in [0.05, 0.1) is 6.61 Å². The molecule has 0 aromatic rings. The van der Waals surface area contributed by atoms with E-state index in [2.05, 4.69) is 17.1 Å². The molecule has 5 nitrogen and oxygen atoms in total. The Morgan fingerprint density at radius 2 is 2.22 bits per heavy atom. The minimum atomic E-state index is -0.646. The van der Waals surface area contributed by atoms with Crippen molar-refractivity contribution < 1.29 is 9.53 Å². The van der Waals surface area contributed by atoms with Crippen LogP contribution in [0.4, 0.5) is 0 Å². The van der Waals surface area contributed by atoms with Crippen molar-refractivity contribution in [1.82, 2.24) is 10.2 Å². The summed E-state index contributed by atoms with van der Waals surface area (Å²) in [6, 6.07) is 0.599. The average molecular weight is 257 g/mol. The van der Waals surface area contributed by atoms with E-state index in [9.17, 15) is 4.79 Å². The Kier molecular flexibility index (Phi) is 6.05. The van der Waals surface area contributed by atoms with Crippen LogP contribution in [-0.4, -0.2) is 55.7 Å². The first-order valence-electron chi connectivity index (χ1n) is 6.81. The number of carbonyl (C=O) groups excluding carboxylic acids is 1. The van der Waals surface area contributed by atoms with Gasteiger partial charge in [-0.05, 0) is 32.7 Å². The Balaban J connectivity index is 2.57. The number of carbonyl (C=O) groups is 1. The van der Waals surface area contributed by atoms with Gasteiger partial charge in [0.1, 0.15) is 5.54 Å². The van der Waals surface area contributed by atoms with Crippen molar-refractivity contribution in [1.29, 1.82) is 0 Å². The second-order valence-corrected chi connectivity index (χ2v) is 5.32. The molecule has 18 heavy (non-hydrogen) atoms. The van der Waals surface area contributed by atoms with E-state index in [1.165, 1.54) is 12.8 Å². The van der Waals surface area contributed by atoms with Crippen molar-refractivity contribution in [2.45, 2.75) is 44.7 Å². The second-order valence-electron chi connectivity index (χ2n) is 5.32. The van der Waals surface area contributed by atoms with Crippen molar-refractivity contribution in [2.75, 3.05) is 33.4 Å². The van der Waals surface area contributed by atoms with E-state index in [0.29, 0.717) is 19.2 Å². The van der Waals surface area contributed by atoms with Crippen LogP contribution < -0.4 is 11.1 Å². The molecule has 1 unspecified atom stereocenters. The molecule has 1 saturated carbocycles. The van der Waals surface area contributed by atoms with Crippen LogP contribution in [0.2, 0.25) is 0 Å². The van der Waals surface area contributed by atoms with E-state index < -0.39 is 5.54 Å². The first kappa shape index (κ1) is 15.4. The van der Waals surface area contributed by atoms with Crippen molar-refractivity contribution in [3.63, 3.8) is 0 Å². The highest BCUT2D eigenvalue weighted by Crippen LogP contribution is 2.27. The molecule has 1 aliphatic carbocycles. The second kappa shape index (κ2) is 7.07. The number of hydrogen-bond acceptors (Lipinski definition) is 4. The lowest BCUT2D eigenvalue weighted by atomic mass is 10.00. The summed E-state index contributed by atoms with van der Waals surface area (Å²) in [7, 11) is 1.70. The Bertz CT molecular complexity index is 269. The lowest BCUT2D eigenvalue weighted by Crippen LogP contribution is -2.60. The Morgan fingerprint density at radius 1 is 1.56 bits per heavy atom. The molecule has 0 aromatic carbocycles. The molecule has 1 atom stereocenters. The number of hydrogen-bond donors (Lipinski definition) is 2. The van der Waals surface area contributed by atoms with Crippen LogP contribution in [0.3, 0.4) is 0 Å². The van der Waals surface area contributed by atoms with Gasteiger partial charge in [0, 0.05) is 26.2 Å². The number of amides is 1.